The molecule has 0 saturated carbocycles. The van der Waals surface area contributed by atoms with Crippen molar-refractivity contribution >= 4 is 17.5 Å². The van der Waals surface area contributed by atoms with Crippen molar-refractivity contribution in [2.24, 2.45) is 0 Å². The van der Waals surface area contributed by atoms with E-state index >= 15 is 0 Å². The SMILES string of the molecule is Nc1cccc(C(=O)NC(=O)c2ccccn2)c1. The predicted molar refractivity (Wildman–Crippen MR) is 66.9 cm³/mol. The topological polar surface area (TPSA) is 85.1 Å². The quantitative estimate of drug-likeness (QED) is 0.611. The van der Waals surface area contributed by atoms with Crippen LogP contribution in [0.2, 0.25) is 0 Å². The summed E-state index contributed by atoms with van der Waals surface area (Å²) in [5, 5.41) is 2.24. The molecule has 0 fully saturated rings. The Morgan fingerprint density at radius 1 is 1.06 bits per heavy atom. The number of nitrogens with one attached hydrogen (secondary N) is 1. The molecule has 1 aromatic heterocycles. The maximum absolute atomic E-state index is 11.8. The van der Waals surface area contributed by atoms with Crippen LogP contribution in [0.4, 0.5) is 5.69 Å². The smallest absolute Gasteiger partial charge is 0.276 e. The lowest BCUT2D eigenvalue weighted by atomic mass is 10.2. The van der Waals surface area contributed by atoms with E-state index in [9.17, 15) is 9.59 Å². The molecular formula is C13H11N3O2. The number of amides is 2. The number of anilines is 1. The molecule has 0 atom stereocenters. The third-order valence-corrected chi connectivity index (χ3v) is 2.27. The summed E-state index contributed by atoms with van der Waals surface area (Å²) in [6.45, 7) is 0. The van der Waals surface area contributed by atoms with E-state index in [-0.39, 0.29) is 5.69 Å². The normalized spacial score (nSPS) is 9.78. The molecule has 0 saturated heterocycles. The summed E-state index contributed by atoms with van der Waals surface area (Å²) in [7, 11) is 0. The molecule has 0 radical (unpaired) electrons. The molecule has 0 unspecified atom stereocenters. The molecule has 18 heavy (non-hydrogen) atoms. The summed E-state index contributed by atoms with van der Waals surface area (Å²) in [5.41, 5.74) is 6.55. The van der Waals surface area contributed by atoms with Crippen molar-refractivity contribution in [1.29, 1.82) is 0 Å². The number of imide groups is 1. The molecule has 1 heterocycles. The molecule has 1 aromatic carbocycles. The number of nitrogens with zero attached hydrogens (tertiary/aromatic N) is 1. The Balaban J connectivity index is 2.11. The molecule has 2 rings (SSSR count). The molecule has 5 nitrogen and oxygen atoms in total. The number of carbonyl (C=O) groups is 2. The second-order valence-corrected chi connectivity index (χ2v) is 3.62. The molecule has 2 aromatic rings. The summed E-state index contributed by atoms with van der Waals surface area (Å²) in [5.74, 6) is -1.04. The van der Waals surface area contributed by atoms with Crippen molar-refractivity contribution in [3.8, 4) is 0 Å². The second kappa shape index (κ2) is 5.09. The predicted octanol–water partition coefficient (Wildman–Crippen LogP) is 1.23. The van der Waals surface area contributed by atoms with E-state index in [1.165, 1.54) is 18.3 Å². The molecule has 0 aliphatic carbocycles. The van der Waals surface area contributed by atoms with E-state index in [2.05, 4.69) is 10.3 Å². The lowest BCUT2D eigenvalue weighted by Crippen LogP contribution is -2.31. The lowest BCUT2D eigenvalue weighted by Gasteiger charge is -2.04. The van der Waals surface area contributed by atoms with Gasteiger partial charge in [0.2, 0.25) is 0 Å². The molecule has 0 aliphatic rings. The van der Waals surface area contributed by atoms with Crippen LogP contribution < -0.4 is 11.1 Å². The van der Waals surface area contributed by atoms with Crippen LogP contribution in [-0.4, -0.2) is 16.8 Å². The standard InChI is InChI=1S/C13H11N3O2/c14-10-5-3-4-9(8-10)12(17)16-13(18)11-6-1-2-7-15-11/h1-8H,14H2,(H,16,17,18). The summed E-state index contributed by atoms with van der Waals surface area (Å²) >= 11 is 0. The van der Waals surface area contributed by atoms with Crippen LogP contribution in [0.1, 0.15) is 20.8 Å². The highest BCUT2D eigenvalue weighted by Gasteiger charge is 2.12. The van der Waals surface area contributed by atoms with E-state index in [1.54, 1.807) is 30.3 Å². The molecule has 5 heteroatoms. The largest absolute Gasteiger partial charge is 0.399 e. The summed E-state index contributed by atoms with van der Waals surface area (Å²) < 4.78 is 0. The van der Waals surface area contributed by atoms with Crippen LogP contribution in [0.5, 0.6) is 0 Å². The third-order valence-electron chi connectivity index (χ3n) is 2.27. The van der Waals surface area contributed by atoms with Gasteiger partial charge in [-0.3, -0.25) is 19.9 Å². The number of nitrogen functional groups attached to an aromatic ring is 1. The average Bonchev–Trinajstić information content (AvgIpc) is 2.39. The number of rotatable bonds is 2. The van der Waals surface area contributed by atoms with Gasteiger partial charge >= 0.3 is 0 Å². The zero-order valence-electron chi connectivity index (χ0n) is 9.46. The van der Waals surface area contributed by atoms with Crippen molar-refractivity contribution < 1.29 is 9.59 Å². The van der Waals surface area contributed by atoms with Crippen molar-refractivity contribution in [1.82, 2.24) is 10.3 Å². The van der Waals surface area contributed by atoms with E-state index in [4.69, 9.17) is 5.73 Å². The Bertz CT molecular complexity index is 582. The number of hydrogen-bond acceptors (Lipinski definition) is 4. The molecule has 0 bridgehead atoms. The molecule has 0 aliphatic heterocycles. The third kappa shape index (κ3) is 2.70. The summed E-state index contributed by atoms with van der Waals surface area (Å²) in [6, 6.07) is 11.3. The monoisotopic (exact) mass is 241 g/mol. The lowest BCUT2D eigenvalue weighted by molar-refractivity contribution is 0.0846. The first-order valence-electron chi connectivity index (χ1n) is 5.29. The van der Waals surface area contributed by atoms with Crippen molar-refractivity contribution in [2.75, 3.05) is 5.73 Å². The first-order valence-corrected chi connectivity index (χ1v) is 5.29. The van der Waals surface area contributed by atoms with Crippen LogP contribution in [0.15, 0.2) is 48.7 Å². The number of aromatic nitrogens is 1. The second-order valence-electron chi connectivity index (χ2n) is 3.62. The number of hydrogen-bond donors (Lipinski definition) is 2. The maximum atomic E-state index is 11.8. The highest BCUT2D eigenvalue weighted by Crippen LogP contribution is 2.06. The summed E-state index contributed by atoms with van der Waals surface area (Å²) in [6.07, 6.45) is 1.49. The van der Waals surface area contributed by atoms with E-state index in [0.29, 0.717) is 11.3 Å². The maximum Gasteiger partial charge on any atom is 0.276 e. The van der Waals surface area contributed by atoms with Gasteiger partial charge in [0, 0.05) is 17.4 Å². The molecule has 0 spiro atoms. The molecule has 3 N–H and O–H groups in total. The Labute approximate surface area is 104 Å². The van der Waals surface area contributed by atoms with Gasteiger partial charge in [-0.25, -0.2) is 0 Å². The fourth-order valence-electron chi connectivity index (χ4n) is 1.42. The van der Waals surface area contributed by atoms with E-state index < -0.39 is 11.8 Å². The van der Waals surface area contributed by atoms with Crippen molar-refractivity contribution in [3.63, 3.8) is 0 Å². The minimum absolute atomic E-state index is 0.190. The molecule has 90 valence electrons. The first-order chi connectivity index (χ1) is 8.66. The highest BCUT2D eigenvalue weighted by molar-refractivity contribution is 6.09. The minimum Gasteiger partial charge on any atom is -0.399 e. The van der Waals surface area contributed by atoms with Gasteiger partial charge in [0.15, 0.2) is 0 Å². The van der Waals surface area contributed by atoms with Crippen LogP contribution in [0.3, 0.4) is 0 Å². The van der Waals surface area contributed by atoms with Crippen LogP contribution >= 0.6 is 0 Å². The van der Waals surface area contributed by atoms with Crippen LogP contribution in [0, 0.1) is 0 Å². The van der Waals surface area contributed by atoms with Crippen LogP contribution in [0.25, 0.3) is 0 Å². The van der Waals surface area contributed by atoms with Gasteiger partial charge in [0.05, 0.1) is 0 Å². The highest BCUT2D eigenvalue weighted by atomic mass is 16.2. The van der Waals surface area contributed by atoms with Gasteiger partial charge in [-0.2, -0.15) is 0 Å². The first kappa shape index (κ1) is 11.8. The van der Waals surface area contributed by atoms with E-state index in [1.807, 2.05) is 0 Å². The fourth-order valence-corrected chi connectivity index (χ4v) is 1.42. The number of carbonyl (C=O) groups excluding carboxylic acids is 2. The number of nitrogens with two attached hydrogens (primary N) is 1. The summed E-state index contributed by atoms with van der Waals surface area (Å²) in [4.78, 5) is 27.3. The zero-order valence-corrected chi connectivity index (χ0v) is 9.46. The average molecular weight is 241 g/mol. The fraction of sp³-hybridized carbons (Fsp3) is 0. The molecule has 2 amide bonds. The Morgan fingerprint density at radius 2 is 1.89 bits per heavy atom. The number of benzene rings is 1. The Hall–Kier alpha value is -2.69. The van der Waals surface area contributed by atoms with Gasteiger partial charge < -0.3 is 5.73 Å². The molecular weight excluding hydrogens is 230 g/mol. The van der Waals surface area contributed by atoms with E-state index in [0.717, 1.165) is 0 Å². The zero-order chi connectivity index (χ0) is 13.0. The van der Waals surface area contributed by atoms with Gasteiger partial charge in [0.25, 0.3) is 11.8 Å². The van der Waals surface area contributed by atoms with Crippen molar-refractivity contribution in [3.05, 3.63) is 59.9 Å². The Morgan fingerprint density at radius 3 is 2.56 bits per heavy atom. The van der Waals surface area contributed by atoms with Gasteiger partial charge in [-0.1, -0.05) is 12.1 Å². The number of pyridine rings is 1. The van der Waals surface area contributed by atoms with Gasteiger partial charge in [-0.05, 0) is 30.3 Å². The van der Waals surface area contributed by atoms with Gasteiger partial charge in [-0.15, -0.1) is 0 Å². The van der Waals surface area contributed by atoms with Gasteiger partial charge in [0.1, 0.15) is 5.69 Å². The van der Waals surface area contributed by atoms with Crippen molar-refractivity contribution in [2.45, 2.75) is 0 Å². The Kier molecular flexibility index (Phi) is 3.33. The van der Waals surface area contributed by atoms with Crippen LogP contribution in [-0.2, 0) is 0 Å². The minimum atomic E-state index is -0.539.